The van der Waals surface area contributed by atoms with E-state index in [1.54, 1.807) is 30.3 Å². The molecule has 24 heavy (non-hydrogen) atoms. The van der Waals surface area contributed by atoms with Crippen molar-refractivity contribution >= 4 is 17.9 Å². The molecule has 1 aliphatic rings. The summed E-state index contributed by atoms with van der Waals surface area (Å²) >= 11 is 0. The molecule has 1 aromatic carbocycles. The van der Waals surface area contributed by atoms with Crippen molar-refractivity contribution in [3.8, 4) is 0 Å². The molecule has 0 radical (unpaired) electrons. The molecule has 1 fully saturated rings. The monoisotopic (exact) mass is 330 g/mol. The number of hydrogen-bond donors (Lipinski definition) is 3. The van der Waals surface area contributed by atoms with E-state index in [9.17, 15) is 14.7 Å². The highest BCUT2D eigenvalue weighted by Crippen LogP contribution is 2.19. The second-order valence-corrected chi connectivity index (χ2v) is 6.73. The summed E-state index contributed by atoms with van der Waals surface area (Å²) in [6.45, 7) is 4.31. The van der Waals surface area contributed by atoms with Crippen LogP contribution < -0.4 is 10.6 Å². The number of aliphatic hydroxyl groups is 1. The maximum atomic E-state index is 11.9. The molecule has 0 aromatic heterocycles. The SMILES string of the molecule is CC(C)CC(O)CNC(=O)/C=C/c1ccc(C(=O)NC2CC2)cc1. The topological polar surface area (TPSA) is 78.4 Å². The van der Waals surface area contributed by atoms with Gasteiger partial charge in [-0.15, -0.1) is 0 Å². The predicted molar refractivity (Wildman–Crippen MR) is 94.4 cm³/mol. The van der Waals surface area contributed by atoms with E-state index >= 15 is 0 Å². The summed E-state index contributed by atoms with van der Waals surface area (Å²) in [7, 11) is 0. The zero-order valence-electron chi connectivity index (χ0n) is 14.3. The van der Waals surface area contributed by atoms with Crippen molar-refractivity contribution in [1.29, 1.82) is 0 Å². The summed E-state index contributed by atoms with van der Waals surface area (Å²) in [6.07, 6.45) is 5.38. The molecule has 2 rings (SSSR count). The average Bonchev–Trinajstić information content (AvgIpc) is 3.34. The number of nitrogens with one attached hydrogen (secondary N) is 2. The fourth-order valence-electron chi connectivity index (χ4n) is 2.32. The summed E-state index contributed by atoms with van der Waals surface area (Å²) in [5, 5.41) is 15.3. The molecule has 5 nitrogen and oxygen atoms in total. The van der Waals surface area contributed by atoms with E-state index in [-0.39, 0.29) is 18.4 Å². The predicted octanol–water partition coefficient (Wildman–Crippen LogP) is 2.12. The summed E-state index contributed by atoms with van der Waals surface area (Å²) in [4.78, 5) is 23.6. The van der Waals surface area contributed by atoms with Gasteiger partial charge in [0.25, 0.3) is 5.91 Å². The molecule has 1 saturated carbocycles. The van der Waals surface area contributed by atoms with Crippen LogP contribution >= 0.6 is 0 Å². The van der Waals surface area contributed by atoms with Gasteiger partial charge >= 0.3 is 0 Å². The molecule has 0 spiro atoms. The third-order valence-electron chi connectivity index (χ3n) is 3.77. The lowest BCUT2D eigenvalue weighted by Gasteiger charge is -2.12. The Hall–Kier alpha value is -2.14. The number of benzene rings is 1. The molecule has 0 saturated heterocycles. The van der Waals surface area contributed by atoms with Crippen LogP contribution in [0.4, 0.5) is 0 Å². The van der Waals surface area contributed by atoms with E-state index in [1.165, 1.54) is 6.08 Å². The summed E-state index contributed by atoms with van der Waals surface area (Å²) in [5.74, 6) is 0.0985. The van der Waals surface area contributed by atoms with E-state index in [1.807, 2.05) is 13.8 Å². The van der Waals surface area contributed by atoms with Crippen molar-refractivity contribution in [2.75, 3.05) is 6.54 Å². The Morgan fingerprint density at radius 3 is 2.50 bits per heavy atom. The third-order valence-corrected chi connectivity index (χ3v) is 3.77. The van der Waals surface area contributed by atoms with Crippen LogP contribution in [0.1, 0.15) is 49.0 Å². The first-order valence-corrected chi connectivity index (χ1v) is 8.49. The fourth-order valence-corrected chi connectivity index (χ4v) is 2.32. The van der Waals surface area contributed by atoms with Crippen molar-refractivity contribution in [2.45, 2.75) is 45.3 Å². The van der Waals surface area contributed by atoms with Gasteiger partial charge in [0.05, 0.1) is 6.10 Å². The number of hydrogen-bond acceptors (Lipinski definition) is 3. The zero-order chi connectivity index (χ0) is 17.5. The number of carbonyl (C=O) groups excluding carboxylic acids is 2. The largest absolute Gasteiger partial charge is 0.391 e. The first kappa shape index (κ1) is 18.2. The van der Waals surface area contributed by atoms with Gasteiger partial charge in [0.2, 0.25) is 5.91 Å². The number of amides is 2. The van der Waals surface area contributed by atoms with E-state index in [2.05, 4.69) is 10.6 Å². The Morgan fingerprint density at radius 2 is 1.92 bits per heavy atom. The summed E-state index contributed by atoms with van der Waals surface area (Å²) in [5.41, 5.74) is 1.47. The van der Waals surface area contributed by atoms with Gasteiger partial charge in [-0.3, -0.25) is 9.59 Å². The van der Waals surface area contributed by atoms with Gasteiger partial charge in [0, 0.05) is 24.2 Å². The molecule has 5 heteroatoms. The smallest absolute Gasteiger partial charge is 0.251 e. The Balaban J connectivity index is 1.78. The lowest BCUT2D eigenvalue weighted by atomic mass is 10.1. The first-order valence-electron chi connectivity index (χ1n) is 8.49. The van der Waals surface area contributed by atoms with Gasteiger partial charge in [-0.25, -0.2) is 0 Å². The lowest BCUT2D eigenvalue weighted by molar-refractivity contribution is -0.116. The molecule has 3 N–H and O–H groups in total. The minimum atomic E-state index is -0.522. The molecule has 0 bridgehead atoms. The quantitative estimate of drug-likeness (QED) is 0.639. The first-order chi connectivity index (χ1) is 11.4. The average molecular weight is 330 g/mol. The lowest BCUT2D eigenvalue weighted by Crippen LogP contribution is -2.31. The number of carbonyl (C=O) groups is 2. The maximum Gasteiger partial charge on any atom is 0.251 e. The summed E-state index contributed by atoms with van der Waals surface area (Å²) in [6, 6.07) is 7.45. The van der Waals surface area contributed by atoms with Crippen LogP contribution in [-0.2, 0) is 4.79 Å². The number of aliphatic hydroxyl groups excluding tert-OH is 1. The van der Waals surface area contributed by atoms with E-state index in [4.69, 9.17) is 0 Å². The minimum absolute atomic E-state index is 0.0510. The van der Waals surface area contributed by atoms with Gasteiger partial charge in [0.1, 0.15) is 0 Å². The maximum absolute atomic E-state index is 11.9. The molecular formula is C19H26N2O3. The molecule has 0 heterocycles. The number of rotatable bonds is 8. The van der Waals surface area contributed by atoms with Crippen LogP contribution in [0.3, 0.4) is 0 Å². The molecule has 1 atom stereocenters. The molecular weight excluding hydrogens is 304 g/mol. The highest BCUT2D eigenvalue weighted by atomic mass is 16.3. The molecule has 2 amide bonds. The van der Waals surface area contributed by atoms with Crippen LogP contribution in [-0.4, -0.2) is 35.6 Å². The Morgan fingerprint density at radius 1 is 1.25 bits per heavy atom. The molecule has 1 aliphatic carbocycles. The van der Waals surface area contributed by atoms with Gasteiger partial charge in [-0.2, -0.15) is 0 Å². The minimum Gasteiger partial charge on any atom is -0.391 e. The van der Waals surface area contributed by atoms with Gasteiger partial charge in [0.15, 0.2) is 0 Å². The van der Waals surface area contributed by atoms with Crippen molar-refractivity contribution in [1.82, 2.24) is 10.6 Å². The highest BCUT2D eigenvalue weighted by Gasteiger charge is 2.23. The van der Waals surface area contributed by atoms with Gasteiger partial charge < -0.3 is 15.7 Å². The van der Waals surface area contributed by atoms with Crippen molar-refractivity contribution in [3.63, 3.8) is 0 Å². The fraction of sp³-hybridized carbons (Fsp3) is 0.474. The van der Waals surface area contributed by atoms with Crippen LogP contribution in [0.5, 0.6) is 0 Å². The second-order valence-electron chi connectivity index (χ2n) is 6.73. The Labute approximate surface area is 143 Å². The van der Waals surface area contributed by atoms with Crippen molar-refractivity contribution < 1.29 is 14.7 Å². The second kappa shape index (κ2) is 8.64. The Kier molecular flexibility index (Phi) is 6.55. The van der Waals surface area contributed by atoms with E-state index in [0.717, 1.165) is 18.4 Å². The van der Waals surface area contributed by atoms with Crippen LogP contribution in [0.2, 0.25) is 0 Å². The van der Waals surface area contributed by atoms with Crippen LogP contribution in [0.25, 0.3) is 6.08 Å². The van der Waals surface area contributed by atoms with Crippen molar-refractivity contribution in [2.24, 2.45) is 5.92 Å². The van der Waals surface area contributed by atoms with E-state index in [0.29, 0.717) is 23.9 Å². The third kappa shape index (κ3) is 6.54. The normalized spacial score (nSPS) is 15.5. The van der Waals surface area contributed by atoms with E-state index < -0.39 is 6.10 Å². The molecule has 1 unspecified atom stereocenters. The Bertz CT molecular complexity index is 589. The summed E-state index contributed by atoms with van der Waals surface area (Å²) < 4.78 is 0. The van der Waals surface area contributed by atoms with Gasteiger partial charge in [-0.1, -0.05) is 26.0 Å². The van der Waals surface area contributed by atoms with Crippen LogP contribution in [0, 0.1) is 5.92 Å². The van der Waals surface area contributed by atoms with Gasteiger partial charge in [-0.05, 0) is 49.0 Å². The molecule has 0 aliphatic heterocycles. The zero-order valence-corrected chi connectivity index (χ0v) is 14.3. The van der Waals surface area contributed by atoms with Crippen LogP contribution in [0.15, 0.2) is 30.3 Å². The molecule has 130 valence electrons. The highest BCUT2D eigenvalue weighted by molar-refractivity contribution is 5.95. The molecule has 1 aromatic rings. The van der Waals surface area contributed by atoms with Crippen molar-refractivity contribution in [3.05, 3.63) is 41.5 Å². The standard InChI is InChI=1S/C19H26N2O3/c1-13(2)11-17(22)12-20-18(23)10-5-14-3-6-15(7-4-14)19(24)21-16-8-9-16/h3-7,10,13,16-17,22H,8-9,11-12H2,1-2H3,(H,20,23)(H,21,24)/b10-5+.